The quantitative estimate of drug-likeness (QED) is 0.758. The maximum absolute atomic E-state index is 12.2. The monoisotopic (exact) mass is 286 g/mol. The maximum Gasteiger partial charge on any atom is 0.259 e. The molecule has 106 valence electrons. The Labute approximate surface area is 112 Å². The highest BCUT2D eigenvalue weighted by atomic mass is 32.2. The number of fused-ring (bicyclic) bond motifs is 1. The molecule has 4 unspecified atom stereocenters. The second kappa shape index (κ2) is 4.55. The molecule has 1 aliphatic heterocycles. The van der Waals surface area contributed by atoms with Gasteiger partial charge in [0.15, 0.2) is 5.03 Å². The van der Waals surface area contributed by atoms with Crippen molar-refractivity contribution in [2.45, 2.75) is 36.1 Å². The summed E-state index contributed by atoms with van der Waals surface area (Å²) < 4.78 is 34.2. The summed E-state index contributed by atoms with van der Waals surface area (Å²) in [7, 11) is -1.90. The lowest BCUT2D eigenvalue weighted by atomic mass is 9.69. The third kappa shape index (κ3) is 2.18. The lowest BCUT2D eigenvalue weighted by molar-refractivity contribution is -0.114. The SMILES string of the molecule is Cn1cnc(S(=O)(=O)NC2C(N)C3CCCOC32)c1. The molecule has 1 saturated carbocycles. The summed E-state index contributed by atoms with van der Waals surface area (Å²) >= 11 is 0. The van der Waals surface area contributed by atoms with Crippen LogP contribution in [-0.4, -0.2) is 42.8 Å². The van der Waals surface area contributed by atoms with E-state index in [1.807, 2.05) is 0 Å². The van der Waals surface area contributed by atoms with Crippen molar-refractivity contribution in [3.8, 4) is 0 Å². The first-order valence-corrected chi connectivity index (χ1v) is 7.85. The predicted molar refractivity (Wildman–Crippen MR) is 67.8 cm³/mol. The number of nitrogens with two attached hydrogens (primary N) is 1. The Hall–Kier alpha value is -0.960. The first-order valence-electron chi connectivity index (χ1n) is 6.36. The van der Waals surface area contributed by atoms with Crippen LogP contribution in [0.1, 0.15) is 12.8 Å². The molecule has 2 heterocycles. The molecule has 0 amide bonds. The van der Waals surface area contributed by atoms with Crippen molar-refractivity contribution in [3.63, 3.8) is 0 Å². The Morgan fingerprint density at radius 1 is 1.58 bits per heavy atom. The summed E-state index contributed by atoms with van der Waals surface area (Å²) in [5.74, 6) is 0.269. The van der Waals surface area contributed by atoms with Crippen molar-refractivity contribution in [1.29, 1.82) is 0 Å². The second-order valence-corrected chi connectivity index (χ2v) is 6.90. The van der Waals surface area contributed by atoms with Gasteiger partial charge in [-0.15, -0.1) is 0 Å². The number of ether oxygens (including phenoxy) is 1. The highest BCUT2D eigenvalue weighted by molar-refractivity contribution is 7.89. The molecule has 4 atom stereocenters. The van der Waals surface area contributed by atoms with E-state index in [0.717, 1.165) is 12.8 Å². The Balaban J connectivity index is 1.74. The van der Waals surface area contributed by atoms with E-state index in [9.17, 15) is 8.42 Å². The summed E-state index contributed by atoms with van der Waals surface area (Å²) in [4.78, 5) is 3.86. The molecule has 0 spiro atoms. The van der Waals surface area contributed by atoms with Crippen LogP contribution in [0.2, 0.25) is 0 Å². The predicted octanol–water partition coefficient (Wildman–Crippen LogP) is -0.797. The number of hydrogen-bond acceptors (Lipinski definition) is 5. The van der Waals surface area contributed by atoms with Gasteiger partial charge >= 0.3 is 0 Å². The fraction of sp³-hybridized carbons (Fsp3) is 0.727. The number of nitrogens with one attached hydrogen (secondary N) is 1. The first kappa shape index (κ1) is 13.0. The number of aromatic nitrogens is 2. The van der Waals surface area contributed by atoms with Gasteiger partial charge in [-0.05, 0) is 12.8 Å². The summed E-state index contributed by atoms with van der Waals surface area (Å²) in [6, 6.07) is -0.527. The van der Waals surface area contributed by atoms with Crippen LogP contribution in [0.25, 0.3) is 0 Å². The highest BCUT2D eigenvalue weighted by Gasteiger charge is 2.52. The van der Waals surface area contributed by atoms with Crippen LogP contribution in [-0.2, 0) is 21.8 Å². The third-order valence-corrected chi connectivity index (χ3v) is 5.27. The van der Waals surface area contributed by atoms with Crippen molar-refractivity contribution in [2.24, 2.45) is 18.7 Å². The minimum Gasteiger partial charge on any atom is -0.376 e. The summed E-state index contributed by atoms with van der Waals surface area (Å²) in [5, 5.41) is 0.0152. The molecule has 2 aliphatic rings. The van der Waals surface area contributed by atoms with E-state index in [1.165, 1.54) is 12.5 Å². The highest BCUT2D eigenvalue weighted by Crippen LogP contribution is 2.37. The molecular weight excluding hydrogens is 268 g/mol. The number of hydrogen-bond donors (Lipinski definition) is 2. The van der Waals surface area contributed by atoms with E-state index >= 15 is 0 Å². The van der Waals surface area contributed by atoms with Crippen LogP contribution in [0.5, 0.6) is 0 Å². The molecule has 19 heavy (non-hydrogen) atoms. The standard InChI is InChI=1S/C11H18N4O3S/c1-15-5-8(13-6-15)19(16,17)14-10-9(12)7-3-2-4-18-11(7)10/h5-7,9-11,14H,2-4,12H2,1H3. The van der Waals surface area contributed by atoms with Gasteiger partial charge < -0.3 is 15.0 Å². The van der Waals surface area contributed by atoms with Gasteiger partial charge in [0.05, 0.1) is 18.5 Å². The molecule has 7 nitrogen and oxygen atoms in total. The first-order chi connectivity index (χ1) is 8.99. The zero-order chi connectivity index (χ0) is 13.6. The number of sulfonamides is 1. The van der Waals surface area contributed by atoms with Crippen molar-refractivity contribution < 1.29 is 13.2 Å². The second-order valence-electron chi connectivity index (χ2n) is 5.24. The van der Waals surface area contributed by atoms with Crippen molar-refractivity contribution in [3.05, 3.63) is 12.5 Å². The number of imidazole rings is 1. The summed E-state index contributed by atoms with van der Waals surface area (Å²) in [6.07, 6.45) is 4.82. The van der Waals surface area contributed by atoms with Gasteiger partial charge in [0.1, 0.15) is 0 Å². The van der Waals surface area contributed by atoms with Gasteiger partial charge in [-0.25, -0.2) is 18.1 Å². The molecular formula is C11H18N4O3S. The molecule has 8 heteroatoms. The minimum atomic E-state index is -3.62. The van der Waals surface area contributed by atoms with Crippen LogP contribution in [0.3, 0.4) is 0 Å². The average molecular weight is 286 g/mol. The van der Waals surface area contributed by atoms with Crippen LogP contribution < -0.4 is 10.5 Å². The van der Waals surface area contributed by atoms with Crippen molar-refractivity contribution >= 4 is 10.0 Å². The lowest BCUT2D eigenvalue weighted by Gasteiger charge is -2.52. The molecule has 0 radical (unpaired) electrons. The van der Waals surface area contributed by atoms with E-state index in [0.29, 0.717) is 6.61 Å². The van der Waals surface area contributed by atoms with E-state index in [2.05, 4.69) is 9.71 Å². The Morgan fingerprint density at radius 3 is 3.05 bits per heavy atom. The van der Waals surface area contributed by atoms with Crippen LogP contribution in [0.4, 0.5) is 0 Å². The Bertz CT molecular complexity index is 570. The topological polar surface area (TPSA) is 99.2 Å². The molecule has 3 N–H and O–H groups in total. The van der Waals surface area contributed by atoms with Gasteiger partial charge in [-0.2, -0.15) is 0 Å². The number of aryl methyl sites for hydroxylation is 1. The zero-order valence-corrected chi connectivity index (χ0v) is 11.5. The zero-order valence-electron chi connectivity index (χ0n) is 10.7. The fourth-order valence-corrected chi connectivity index (χ4v) is 4.12. The Kier molecular flexibility index (Phi) is 3.12. The van der Waals surface area contributed by atoms with Crippen molar-refractivity contribution in [1.82, 2.24) is 14.3 Å². The van der Waals surface area contributed by atoms with Gasteiger partial charge in [-0.1, -0.05) is 0 Å². The fourth-order valence-electron chi connectivity index (χ4n) is 2.86. The molecule has 1 aromatic rings. The Morgan fingerprint density at radius 2 is 2.37 bits per heavy atom. The molecule has 0 aromatic carbocycles. The van der Waals surface area contributed by atoms with Crippen molar-refractivity contribution in [2.75, 3.05) is 6.61 Å². The summed E-state index contributed by atoms with van der Waals surface area (Å²) in [5.41, 5.74) is 6.04. The van der Waals surface area contributed by atoms with Gasteiger partial charge in [0.25, 0.3) is 10.0 Å². The van der Waals surface area contributed by atoms with E-state index in [1.54, 1.807) is 11.6 Å². The van der Waals surface area contributed by atoms with E-state index < -0.39 is 10.0 Å². The minimum absolute atomic E-state index is 0.0152. The molecule has 0 bridgehead atoms. The largest absolute Gasteiger partial charge is 0.376 e. The third-order valence-electron chi connectivity index (χ3n) is 3.92. The van der Waals surface area contributed by atoms with Crippen LogP contribution in [0, 0.1) is 5.92 Å². The maximum atomic E-state index is 12.2. The van der Waals surface area contributed by atoms with Crippen LogP contribution >= 0.6 is 0 Å². The molecule has 1 aliphatic carbocycles. The smallest absolute Gasteiger partial charge is 0.259 e. The normalized spacial score (nSPS) is 34.6. The number of rotatable bonds is 3. The molecule has 2 fully saturated rings. The lowest BCUT2D eigenvalue weighted by Crippen LogP contribution is -2.71. The molecule has 1 saturated heterocycles. The van der Waals surface area contributed by atoms with E-state index in [4.69, 9.17) is 10.5 Å². The molecule has 3 rings (SSSR count). The molecule has 1 aromatic heterocycles. The van der Waals surface area contributed by atoms with Gasteiger partial charge in [0.2, 0.25) is 0 Å². The van der Waals surface area contributed by atoms with Gasteiger partial charge in [0, 0.05) is 31.8 Å². The van der Waals surface area contributed by atoms with E-state index in [-0.39, 0.29) is 29.1 Å². The number of nitrogens with zero attached hydrogens (tertiary/aromatic N) is 2. The summed E-state index contributed by atoms with van der Waals surface area (Å²) in [6.45, 7) is 0.676. The average Bonchev–Trinajstić information content (AvgIpc) is 2.83. The van der Waals surface area contributed by atoms with Crippen LogP contribution in [0.15, 0.2) is 17.6 Å². The van der Waals surface area contributed by atoms with Gasteiger partial charge in [-0.3, -0.25) is 0 Å².